The van der Waals surface area contributed by atoms with E-state index in [1.165, 1.54) is 19.2 Å². The highest BCUT2D eigenvalue weighted by Gasteiger charge is 2.14. The number of ketones is 1. The van der Waals surface area contributed by atoms with E-state index < -0.39 is 24.3 Å². The number of carbonyl (C=O) groups excluding carboxylic acids is 4. The molecule has 2 rings (SSSR count). The number of Topliss-reactive ketones (excluding diaryl/α,β-unsaturated/α-hetero) is 1. The van der Waals surface area contributed by atoms with E-state index in [0.717, 1.165) is 0 Å². The molecule has 2 amide bonds. The Balaban J connectivity index is 1.80. The lowest BCUT2D eigenvalue weighted by Crippen LogP contribution is -2.31. The number of methoxy groups -OCH3 is 1. The minimum Gasteiger partial charge on any atom is -0.496 e. The van der Waals surface area contributed by atoms with Crippen LogP contribution in [0.4, 0.5) is 5.69 Å². The first kappa shape index (κ1) is 21.6. The third-order valence-corrected chi connectivity index (χ3v) is 3.92. The molecular weight excluding hydrogens is 376 g/mol. The van der Waals surface area contributed by atoms with Crippen molar-refractivity contribution in [3.8, 4) is 5.75 Å². The molecule has 0 aromatic heterocycles. The maximum Gasteiger partial charge on any atom is 0.325 e. The molecule has 2 aromatic carbocycles. The van der Waals surface area contributed by atoms with Crippen LogP contribution >= 0.6 is 0 Å². The Morgan fingerprint density at radius 3 is 2.31 bits per heavy atom. The van der Waals surface area contributed by atoms with Crippen LogP contribution in [0, 0.1) is 0 Å². The van der Waals surface area contributed by atoms with E-state index in [0.29, 0.717) is 23.4 Å². The molecule has 152 valence electrons. The fourth-order valence-corrected chi connectivity index (χ4v) is 2.35. The minimum atomic E-state index is -0.742. The van der Waals surface area contributed by atoms with Crippen molar-refractivity contribution in [3.05, 3.63) is 59.7 Å². The summed E-state index contributed by atoms with van der Waals surface area (Å²) in [4.78, 5) is 47.4. The Morgan fingerprint density at radius 2 is 1.66 bits per heavy atom. The van der Waals surface area contributed by atoms with Gasteiger partial charge in [0.05, 0.1) is 12.7 Å². The van der Waals surface area contributed by atoms with Gasteiger partial charge in [-0.1, -0.05) is 19.1 Å². The molecule has 0 radical (unpaired) electrons. The maximum absolute atomic E-state index is 12.1. The molecule has 0 saturated heterocycles. The third-order valence-electron chi connectivity index (χ3n) is 3.92. The van der Waals surface area contributed by atoms with Crippen molar-refractivity contribution < 1.29 is 28.7 Å². The van der Waals surface area contributed by atoms with E-state index >= 15 is 0 Å². The molecule has 8 heteroatoms. The van der Waals surface area contributed by atoms with Gasteiger partial charge in [-0.2, -0.15) is 0 Å². The third kappa shape index (κ3) is 6.46. The highest BCUT2D eigenvalue weighted by Crippen LogP contribution is 2.16. The molecule has 0 bridgehead atoms. The van der Waals surface area contributed by atoms with Crippen molar-refractivity contribution in [1.82, 2.24) is 5.32 Å². The SMILES string of the molecule is CCC(=O)Nc1ccc(C(=O)COC(=O)CNC(=O)c2ccccc2OC)cc1. The lowest BCUT2D eigenvalue weighted by molar-refractivity contribution is -0.141. The fraction of sp³-hybridized carbons (Fsp3) is 0.238. The molecule has 0 aliphatic heterocycles. The van der Waals surface area contributed by atoms with Crippen molar-refractivity contribution in [2.75, 3.05) is 25.6 Å². The number of esters is 1. The van der Waals surface area contributed by atoms with E-state index in [1.54, 1.807) is 43.3 Å². The zero-order valence-electron chi connectivity index (χ0n) is 16.2. The summed E-state index contributed by atoms with van der Waals surface area (Å²) < 4.78 is 10.0. The van der Waals surface area contributed by atoms with Crippen LogP contribution in [0.2, 0.25) is 0 Å². The number of benzene rings is 2. The Bertz CT molecular complexity index is 892. The summed E-state index contributed by atoms with van der Waals surface area (Å²) in [5, 5.41) is 5.10. The fourth-order valence-electron chi connectivity index (χ4n) is 2.35. The number of anilines is 1. The molecule has 0 aliphatic carbocycles. The standard InChI is InChI=1S/C21H22N2O6/c1-3-19(25)23-15-10-8-14(9-11-15)17(24)13-29-20(26)12-22-21(27)16-6-4-5-7-18(16)28-2/h4-11H,3,12-13H2,1-2H3,(H,22,27)(H,23,25). The van der Waals surface area contributed by atoms with Gasteiger partial charge in [0.2, 0.25) is 5.91 Å². The number of hydrogen-bond donors (Lipinski definition) is 2. The molecule has 0 atom stereocenters. The van der Waals surface area contributed by atoms with Gasteiger partial charge < -0.3 is 20.1 Å². The Morgan fingerprint density at radius 1 is 0.966 bits per heavy atom. The van der Waals surface area contributed by atoms with E-state index in [9.17, 15) is 19.2 Å². The quantitative estimate of drug-likeness (QED) is 0.495. The topological polar surface area (TPSA) is 111 Å². The number of amides is 2. The lowest BCUT2D eigenvalue weighted by Gasteiger charge is -2.09. The highest BCUT2D eigenvalue weighted by molar-refractivity contribution is 6.00. The first-order valence-corrected chi connectivity index (χ1v) is 8.94. The molecule has 0 saturated carbocycles. The minimum absolute atomic E-state index is 0.131. The second kappa shape index (κ2) is 10.6. The smallest absolute Gasteiger partial charge is 0.325 e. The van der Waals surface area contributed by atoms with Gasteiger partial charge in [-0.05, 0) is 36.4 Å². The summed E-state index contributed by atoms with van der Waals surface area (Å²) >= 11 is 0. The zero-order chi connectivity index (χ0) is 21.2. The van der Waals surface area contributed by atoms with Gasteiger partial charge in [0.25, 0.3) is 5.91 Å². The number of rotatable bonds is 9. The van der Waals surface area contributed by atoms with E-state index in [4.69, 9.17) is 9.47 Å². The van der Waals surface area contributed by atoms with Crippen molar-refractivity contribution in [1.29, 1.82) is 0 Å². The molecule has 0 unspecified atom stereocenters. The second-order valence-corrected chi connectivity index (χ2v) is 5.95. The molecule has 2 N–H and O–H groups in total. The summed E-state index contributed by atoms with van der Waals surface area (Å²) in [7, 11) is 1.44. The van der Waals surface area contributed by atoms with Gasteiger partial charge >= 0.3 is 5.97 Å². The molecule has 0 fully saturated rings. The molecule has 8 nitrogen and oxygen atoms in total. The number of ether oxygens (including phenoxy) is 2. The number of nitrogens with one attached hydrogen (secondary N) is 2. The maximum atomic E-state index is 12.1. The highest BCUT2D eigenvalue weighted by atomic mass is 16.5. The summed E-state index contributed by atoms with van der Waals surface area (Å²) in [5.74, 6) is -1.38. The number of para-hydroxylation sites is 1. The largest absolute Gasteiger partial charge is 0.496 e. The molecule has 0 heterocycles. The van der Waals surface area contributed by atoms with Crippen molar-refractivity contribution >= 4 is 29.3 Å². The van der Waals surface area contributed by atoms with Crippen molar-refractivity contribution in [2.45, 2.75) is 13.3 Å². The van der Waals surface area contributed by atoms with Crippen LogP contribution in [0.3, 0.4) is 0 Å². The van der Waals surface area contributed by atoms with Crippen molar-refractivity contribution in [2.24, 2.45) is 0 Å². The summed E-state index contributed by atoms with van der Waals surface area (Å²) in [6.45, 7) is 0.899. The predicted octanol–water partition coefficient (Wildman–Crippen LogP) is 2.20. The second-order valence-electron chi connectivity index (χ2n) is 5.95. The lowest BCUT2D eigenvalue weighted by atomic mass is 10.1. The first-order chi connectivity index (χ1) is 13.9. The van der Waals surface area contributed by atoms with Crippen LogP contribution in [-0.4, -0.2) is 43.8 Å². The van der Waals surface area contributed by atoms with Crippen molar-refractivity contribution in [3.63, 3.8) is 0 Å². The Hall–Kier alpha value is -3.68. The predicted molar refractivity (Wildman–Crippen MR) is 106 cm³/mol. The molecule has 0 spiro atoms. The van der Waals surface area contributed by atoms with E-state index in [1.807, 2.05) is 0 Å². The van der Waals surface area contributed by atoms with E-state index in [2.05, 4.69) is 10.6 Å². The summed E-state index contributed by atoms with van der Waals surface area (Å²) in [6, 6.07) is 12.8. The number of carbonyl (C=O) groups is 4. The van der Waals surface area contributed by atoms with Gasteiger partial charge in [0, 0.05) is 17.7 Å². The first-order valence-electron chi connectivity index (χ1n) is 8.94. The van der Waals surface area contributed by atoms with Crippen LogP contribution in [0.5, 0.6) is 5.75 Å². The number of hydrogen-bond acceptors (Lipinski definition) is 6. The average Bonchev–Trinajstić information content (AvgIpc) is 2.76. The zero-order valence-corrected chi connectivity index (χ0v) is 16.2. The van der Waals surface area contributed by atoms with Crippen LogP contribution in [0.15, 0.2) is 48.5 Å². The summed E-state index contributed by atoms with van der Waals surface area (Å²) in [6.07, 6.45) is 0.351. The van der Waals surface area contributed by atoms with Gasteiger partial charge in [-0.3, -0.25) is 19.2 Å². The molecule has 2 aromatic rings. The molecule has 29 heavy (non-hydrogen) atoms. The van der Waals surface area contributed by atoms with Crippen LogP contribution in [0.25, 0.3) is 0 Å². The van der Waals surface area contributed by atoms with Gasteiger partial charge in [0.1, 0.15) is 12.3 Å². The van der Waals surface area contributed by atoms with Crippen LogP contribution in [0.1, 0.15) is 34.1 Å². The van der Waals surface area contributed by atoms with Gasteiger partial charge in [0.15, 0.2) is 12.4 Å². The molecule has 0 aliphatic rings. The summed E-state index contributed by atoms with van der Waals surface area (Å²) in [5.41, 5.74) is 1.20. The Labute approximate surface area is 168 Å². The van der Waals surface area contributed by atoms with Gasteiger partial charge in [-0.15, -0.1) is 0 Å². The molecular formula is C21H22N2O6. The van der Waals surface area contributed by atoms with Crippen LogP contribution in [-0.2, 0) is 14.3 Å². The average molecular weight is 398 g/mol. The van der Waals surface area contributed by atoms with Crippen LogP contribution < -0.4 is 15.4 Å². The monoisotopic (exact) mass is 398 g/mol. The normalized spacial score (nSPS) is 10.0. The Kier molecular flexibility index (Phi) is 7.90. The van der Waals surface area contributed by atoms with Gasteiger partial charge in [-0.25, -0.2) is 0 Å². The van der Waals surface area contributed by atoms with E-state index in [-0.39, 0.29) is 18.0 Å².